The summed E-state index contributed by atoms with van der Waals surface area (Å²) in [6.07, 6.45) is 2.92. The van der Waals surface area contributed by atoms with Crippen molar-refractivity contribution in [2.24, 2.45) is 0 Å². The van der Waals surface area contributed by atoms with Gasteiger partial charge in [0, 0.05) is 30.3 Å². The number of carbonyl (C=O) groups excluding carboxylic acids is 1. The fourth-order valence-electron chi connectivity index (χ4n) is 2.06. The number of halogens is 1. The molecule has 0 bridgehead atoms. The van der Waals surface area contributed by atoms with Gasteiger partial charge in [-0.15, -0.1) is 23.7 Å². The van der Waals surface area contributed by atoms with Crippen molar-refractivity contribution in [1.29, 1.82) is 0 Å². The van der Waals surface area contributed by atoms with Gasteiger partial charge in [0.2, 0.25) is 5.91 Å². The first kappa shape index (κ1) is 14.7. The number of hydrogen-bond acceptors (Lipinski definition) is 5. The van der Waals surface area contributed by atoms with E-state index >= 15 is 0 Å². The third-order valence-electron chi connectivity index (χ3n) is 3.19. The Hall–Kier alpha value is -0.690. The number of carbonyl (C=O) groups is 1. The van der Waals surface area contributed by atoms with Crippen LogP contribution in [0.15, 0.2) is 5.38 Å². The van der Waals surface area contributed by atoms with Crippen LogP contribution in [-0.4, -0.2) is 36.7 Å². The Kier molecular flexibility index (Phi) is 5.15. The van der Waals surface area contributed by atoms with Crippen molar-refractivity contribution >= 4 is 34.8 Å². The molecule has 19 heavy (non-hydrogen) atoms. The number of morpholine rings is 1. The monoisotopic (exact) mass is 303 g/mol. The maximum Gasteiger partial charge on any atom is 0.227 e. The highest BCUT2D eigenvalue weighted by atomic mass is 35.5. The molecule has 0 spiro atoms. The lowest BCUT2D eigenvalue weighted by Gasteiger charge is -2.22. The molecule has 2 aliphatic rings. The normalized spacial score (nSPS) is 22.6. The summed E-state index contributed by atoms with van der Waals surface area (Å²) in [6.45, 7) is 2.16. The zero-order valence-corrected chi connectivity index (χ0v) is 12.2. The van der Waals surface area contributed by atoms with Gasteiger partial charge in [-0.1, -0.05) is 0 Å². The lowest BCUT2D eigenvalue weighted by molar-refractivity contribution is -0.117. The molecule has 1 aliphatic carbocycles. The number of rotatable bonds is 4. The van der Waals surface area contributed by atoms with Crippen LogP contribution >= 0.6 is 23.7 Å². The lowest BCUT2D eigenvalue weighted by Crippen LogP contribution is -2.43. The van der Waals surface area contributed by atoms with E-state index in [1.807, 2.05) is 0 Å². The predicted molar refractivity (Wildman–Crippen MR) is 77.2 cm³/mol. The smallest absolute Gasteiger partial charge is 0.227 e. The van der Waals surface area contributed by atoms with Gasteiger partial charge in [0.15, 0.2) is 5.13 Å². The second kappa shape index (κ2) is 6.65. The van der Waals surface area contributed by atoms with E-state index in [1.54, 1.807) is 0 Å². The maximum atomic E-state index is 11.8. The Balaban J connectivity index is 0.00000133. The van der Waals surface area contributed by atoms with E-state index in [0.717, 1.165) is 24.0 Å². The Morgan fingerprint density at radius 1 is 1.58 bits per heavy atom. The van der Waals surface area contributed by atoms with Crippen molar-refractivity contribution in [3.8, 4) is 0 Å². The lowest BCUT2D eigenvalue weighted by atomic mass is 10.2. The van der Waals surface area contributed by atoms with E-state index in [-0.39, 0.29) is 24.4 Å². The first-order chi connectivity index (χ1) is 8.81. The molecule has 0 radical (unpaired) electrons. The molecule has 2 heterocycles. The molecule has 0 aromatic carbocycles. The summed E-state index contributed by atoms with van der Waals surface area (Å²) >= 11 is 1.51. The molecule has 1 aromatic rings. The summed E-state index contributed by atoms with van der Waals surface area (Å²) in [7, 11) is 0. The number of nitrogens with one attached hydrogen (secondary N) is 2. The summed E-state index contributed by atoms with van der Waals surface area (Å²) in [5.74, 6) is 0.648. The number of hydrogen-bond donors (Lipinski definition) is 2. The Bertz CT molecular complexity index is 430. The average Bonchev–Trinajstić information content (AvgIpc) is 3.12. The van der Waals surface area contributed by atoms with Crippen LogP contribution in [0.2, 0.25) is 0 Å². The minimum Gasteiger partial charge on any atom is -0.378 e. The number of thiazole rings is 1. The number of amides is 1. The largest absolute Gasteiger partial charge is 0.378 e. The molecule has 1 saturated carbocycles. The number of aromatic nitrogens is 1. The second-order valence-electron chi connectivity index (χ2n) is 4.83. The van der Waals surface area contributed by atoms with Crippen molar-refractivity contribution in [2.45, 2.75) is 31.2 Å². The van der Waals surface area contributed by atoms with Gasteiger partial charge in [-0.25, -0.2) is 4.98 Å². The highest BCUT2D eigenvalue weighted by molar-refractivity contribution is 7.13. The van der Waals surface area contributed by atoms with Gasteiger partial charge in [-0.3, -0.25) is 4.79 Å². The van der Waals surface area contributed by atoms with Crippen LogP contribution in [0.5, 0.6) is 0 Å². The van der Waals surface area contributed by atoms with Crippen molar-refractivity contribution < 1.29 is 9.53 Å². The van der Waals surface area contributed by atoms with E-state index in [2.05, 4.69) is 21.0 Å². The summed E-state index contributed by atoms with van der Waals surface area (Å²) in [5.41, 5.74) is 1.13. The maximum absolute atomic E-state index is 11.8. The van der Waals surface area contributed by atoms with Gasteiger partial charge in [-0.2, -0.15) is 0 Å². The summed E-state index contributed by atoms with van der Waals surface area (Å²) < 4.78 is 5.32. The minimum atomic E-state index is 0. The van der Waals surface area contributed by atoms with Crippen LogP contribution in [0, 0.1) is 0 Å². The summed E-state index contributed by atoms with van der Waals surface area (Å²) in [5, 5.41) is 8.90. The first-order valence-corrected chi connectivity index (χ1v) is 7.25. The quantitative estimate of drug-likeness (QED) is 0.890. The van der Waals surface area contributed by atoms with Crippen LogP contribution in [0.25, 0.3) is 0 Å². The van der Waals surface area contributed by atoms with Gasteiger partial charge in [-0.05, 0) is 12.8 Å². The van der Waals surface area contributed by atoms with E-state index in [1.165, 1.54) is 24.2 Å². The van der Waals surface area contributed by atoms with Crippen molar-refractivity contribution in [3.63, 3.8) is 0 Å². The first-order valence-electron chi connectivity index (χ1n) is 6.37. The topological polar surface area (TPSA) is 63.2 Å². The van der Waals surface area contributed by atoms with Gasteiger partial charge >= 0.3 is 0 Å². The van der Waals surface area contributed by atoms with Crippen LogP contribution in [0.3, 0.4) is 0 Å². The van der Waals surface area contributed by atoms with Crippen LogP contribution < -0.4 is 10.6 Å². The van der Waals surface area contributed by atoms with E-state index in [4.69, 9.17) is 4.74 Å². The summed E-state index contributed by atoms with van der Waals surface area (Å²) in [4.78, 5) is 16.3. The van der Waals surface area contributed by atoms with Crippen LogP contribution in [0.1, 0.15) is 30.9 Å². The second-order valence-corrected chi connectivity index (χ2v) is 5.69. The van der Waals surface area contributed by atoms with Gasteiger partial charge in [0.05, 0.1) is 18.9 Å². The number of anilines is 1. The molecular formula is C12H18ClN3O2S. The molecule has 1 aromatic heterocycles. The van der Waals surface area contributed by atoms with Crippen molar-refractivity contribution in [1.82, 2.24) is 10.3 Å². The zero-order chi connectivity index (χ0) is 12.4. The Morgan fingerprint density at radius 2 is 2.42 bits per heavy atom. The average molecular weight is 304 g/mol. The molecule has 1 atom stereocenters. The van der Waals surface area contributed by atoms with Crippen LogP contribution in [0.4, 0.5) is 5.13 Å². The van der Waals surface area contributed by atoms with E-state index < -0.39 is 0 Å². The molecule has 3 rings (SSSR count). The van der Waals surface area contributed by atoms with Crippen molar-refractivity contribution in [2.75, 3.05) is 25.1 Å². The molecule has 1 saturated heterocycles. The predicted octanol–water partition coefficient (Wildman–Crippen LogP) is 1.76. The van der Waals surface area contributed by atoms with Gasteiger partial charge in [0.1, 0.15) is 0 Å². The Morgan fingerprint density at radius 3 is 3.11 bits per heavy atom. The zero-order valence-electron chi connectivity index (χ0n) is 10.6. The summed E-state index contributed by atoms with van der Waals surface area (Å²) in [6, 6.07) is 0.126. The van der Waals surface area contributed by atoms with Crippen LogP contribution in [-0.2, 0) is 9.53 Å². The van der Waals surface area contributed by atoms with Gasteiger partial charge < -0.3 is 15.4 Å². The minimum absolute atomic E-state index is 0. The molecule has 2 N–H and O–H groups in total. The third kappa shape index (κ3) is 4.14. The van der Waals surface area contributed by atoms with Gasteiger partial charge in [0.25, 0.3) is 0 Å². The molecule has 5 nitrogen and oxygen atoms in total. The highest BCUT2D eigenvalue weighted by Crippen LogP contribution is 2.40. The Labute approximate surface area is 122 Å². The molecule has 1 amide bonds. The van der Waals surface area contributed by atoms with E-state index in [9.17, 15) is 4.79 Å². The fraction of sp³-hybridized carbons (Fsp3) is 0.667. The number of ether oxygens (including phenoxy) is 1. The molecule has 106 valence electrons. The molecule has 7 heteroatoms. The molecule has 1 aliphatic heterocycles. The number of nitrogens with zero attached hydrogens (tertiary/aromatic N) is 1. The molecular weight excluding hydrogens is 286 g/mol. The standard InChI is InChI=1S/C12H17N3O2S.ClH/c16-11(5-9-6-17-4-3-13-9)15-12-14-10(7-18-12)8-1-2-8;/h7-9,13H,1-6H2,(H,14,15,16);1H. The third-order valence-corrected chi connectivity index (χ3v) is 3.97. The SMILES string of the molecule is Cl.O=C(CC1COCCN1)Nc1nc(C2CC2)cs1. The van der Waals surface area contributed by atoms with E-state index in [0.29, 0.717) is 18.9 Å². The fourth-order valence-corrected chi connectivity index (χ4v) is 2.86. The molecule has 1 unspecified atom stereocenters. The highest BCUT2D eigenvalue weighted by Gasteiger charge is 2.26. The molecule has 2 fully saturated rings. The van der Waals surface area contributed by atoms with Crippen molar-refractivity contribution in [3.05, 3.63) is 11.1 Å².